The molecular formula is C14H14N4O. The molecule has 0 spiro atoms. The van der Waals surface area contributed by atoms with Gasteiger partial charge in [0.15, 0.2) is 0 Å². The van der Waals surface area contributed by atoms with E-state index in [0.29, 0.717) is 23.8 Å². The molecule has 1 saturated heterocycles. The maximum absolute atomic E-state index is 8.75. The van der Waals surface area contributed by atoms with Crippen molar-refractivity contribution < 1.29 is 4.52 Å². The van der Waals surface area contributed by atoms with Crippen LogP contribution in [0.2, 0.25) is 0 Å². The fourth-order valence-corrected chi connectivity index (χ4v) is 2.24. The second-order valence-corrected chi connectivity index (χ2v) is 4.67. The summed E-state index contributed by atoms with van der Waals surface area (Å²) in [4.78, 5) is 6.56. The molecule has 0 atom stereocenters. The third-order valence-electron chi connectivity index (χ3n) is 3.28. The highest BCUT2D eigenvalue weighted by Gasteiger charge is 2.17. The molecule has 1 aliphatic rings. The van der Waals surface area contributed by atoms with Gasteiger partial charge < -0.3 is 9.42 Å². The molecular weight excluding hydrogens is 240 g/mol. The fourth-order valence-electron chi connectivity index (χ4n) is 2.24. The topological polar surface area (TPSA) is 66.0 Å². The summed E-state index contributed by atoms with van der Waals surface area (Å²) in [6, 6.07) is 9.53. The molecule has 19 heavy (non-hydrogen) atoms. The molecule has 0 aliphatic carbocycles. The van der Waals surface area contributed by atoms with E-state index in [4.69, 9.17) is 9.78 Å². The van der Waals surface area contributed by atoms with Gasteiger partial charge in [-0.2, -0.15) is 10.2 Å². The smallest absolute Gasteiger partial charge is 0.266 e. The summed E-state index contributed by atoms with van der Waals surface area (Å²) >= 11 is 0. The number of hydrogen-bond acceptors (Lipinski definition) is 5. The first-order chi connectivity index (χ1) is 9.35. The first kappa shape index (κ1) is 11.7. The minimum absolute atomic E-state index is 0.604. The highest BCUT2D eigenvalue weighted by molar-refractivity contribution is 5.33. The van der Waals surface area contributed by atoms with Gasteiger partial charge in [0.25, 0.3) is 5.95 Å². The highest BCUT2D eigenvalue weighted by atomic mass is 16.5. The molecule has 0 bridgehead atoms. The molecule has 1 fully saturated rings. The van der Waals surface area contributed by atoms with Gasteiger partial charge >= 0.3 is 0 Å². The Balaban J connectivity index is 1.70. The summed E-state index contributed by atoms with van der Waals surface area (Å²) in [5.41, 5.74) is 1.72. The zero-order valence-electron chi connectivity index (χ0n) is 10.5. The lowest BCUT2D eigenvalue weighted by atomic mass is 10.1. The van der Waals surface area contributed by atoms with Crippen molar-refractivity contribution >= 4 is 5.95 Å². The van der Waals surface area contributed by atoms with Crippen LogP contribution < -0.4 is 4.90 Å². The maximum Gasteiger partial charge on any atom is 0.266 e. The zero-order chi connectivity index (χ0) is 13.1. The van der Waals surface area contributed by atoms with Crippen LogP contribution >= 0.6 is 0 Å². The predicted molar refractivity (Wildman–Crippen MR) is 69.7 cm³/mol. The van der Waals surface area contributed by atoms with Gasteiger partial charge in [-0.05, 0) is 35.7 Å². The van der Waals surface area contributed by atoms with E-state index in [9.17, 15) is 0 Å². The summed E-state index contributed by atoms with van der Waals surface area (Å²) in [5, 5.41) is 12.8. The van der Waals surface area contributed by atoms with E-state index in [-0.39, 0.29) is 0 Å². The Kier molecular flexibility index (Phi) is 3.15. The van der Waals surface area contributed by atoms with E-state index >= 15 is 0 Å². The summed E-state index contributed by atoms with van der Waals surface area (Å²) in [6.45, 7) is 2.02. The molecule has 3 rings (SSSR count). The van der Waals surface area contributed by atoms with E-state index in [2.05, 4.69) is 21.1 Å². The molecule has 5 nitrogen and oxygen atoms in total. The highest BCUT2D eigenvalue weighted by Crippen LogP contribution is 2.17. The Morgan fingerprint density at radius 1 is 1.21 bits per heavy atom. The van der Waals surface area contributed by atoms with Crippen LogP contribution in [-0.2, 0) is 6.42 Å². The minimum Gasteiger partial charge on any atom is -0.338 e. The number of anilines is 1. The molecule has 1 aromatic heterocycles. The van der Waals surface area contributed by atoms with Crippen LogP contribution in [0.5, 0.6) is 0 Å². The third-order valence-corrected chi connectivity index (χ3v) is 3.28. The SMILES string of the molecule is N#Cc1ccc(Cc2nc(N3CCCC3)no2)cc1. The summed E-state index contributed by atoms with van der Waals surface area (Å²) in [6.07, 6.45) is 2.99. The maximum atomic E-state index is 8.75. The molecule has 0 saturated carbocycles. The van der Waals surface area contributed by atoms with Crippen molar-refractivity contribution in [3.8, 4) is 6.07 Å². The number of rotatable bonds is 3. The number of hydrogen-bond donors (Lipinski definition) is 0. The van der Waals surface area contributed by atoms with Gasteiger partial charge in [-0.3, -0.25) is 0 Å². The average molecular weight is 254 g/mol. The van der Waals surface area contributed by atoms with Crippen LogP contribution in [0.15, 0.2) is 28.8 Å². The lowest BCUT2D eigenvalue weighted by Gasteiger charge is -2.09. The monoisotopic (exact) mass is 254 g/mol. The molecule has 0 radical (unpaired) electrons. The van der Waals surface area contributed by atoms with E-state index in [1.165, 1.54) is 12.8 Å². The van der Waals surface area contributed by atoms with Crippen molar-refractivity contribution in [2.75, 3.05) is 18.0 Å². The number of benzene rings is 1. The van der Waals surface area contributed by atoms with Crippen molar-refractivity contribution in [2.24, 2.45) is 0 Å². The van der Waals surface area contributed by atoms with E-state index in [1.807, 2.05) is 12.1 Å². The standard InChI is InChI=1S/C14H14N4O/c15-10-12-5-3-11(4-6-12)9-13-16-14(17-19-13)18-7-1-2-8-18/h3-6H,1-2,7-9H2. The molecule has 0 unspecified atom stereocenters. The molecule has 2 aromatic rings. The van der Waals surface area contributed by atoms with Gasteiger partial charge in [0.05, 0.1) is 18.1 Å². The van der Waals surface area contributed by atoms with E-state index in [0.717, 1.165) is 18.7 Å². The largest absolute Gasteiger partial charge is 0.338 e. The second kappa shape index (κ2) is 5.11. The Bertz CT molecular complexity index is 591. The second-order valence-electron chi connectivity index (χ2n) is 4.67. The lowest BCUT2D eigenvalue weighted by Crippen LogP contribution is -2.18. The number of aromatic nitrogens is 2. The normalized spacial score (nSPS) is 14.6. The van der Waals surface area contributed by atoms with Gasteiger partial charge in [0, 0.05) is 13.1 Å². The van der Waals surface area contributed by atoms with Crippen LogP contribution in [0.1, 0.15) is 29.9 Å². The quantitative estimate of drug-likeness (QED) is 0.839. The number of nitrogens with zero attached hydrogens (tertiary/aromatic N) is 4. The average Bonchev–Trinajstić information content (AvgIpc) is 3.10. The van der Waals surface area contributed by atoms with E-state index in [1.54, 1.807) is 12.1 Å². The van der Waals surface area contributed by atoms with E-state index < -0.39 is 0 Å². The molecule has 1 aliphatic heterocycles. The van der Waals surface area contributed by atoms with Gasteiger partial charge in [0.2, 0.25) is 5.89 Å². The van der Waals surface area contributed by atoms with Crippen LogP contribution in [-0.4, -0.2) is 23.2 Å². The minimum atomic E-state index is 0.604. The van der Waals surface area contributed by atoms with Gasteiger partial charge in [-0.15, -0.1) is 0 Å². The fraction of sp³-hybridized carbons (Fsp3) is 0.357. The van der Waals surface area contributed by atoms with Crippen molar-refractivity contribution in [2.45, 2.75) is 19.3 Å². The lowest BCUT2D eigenvalue weighted by molar-refractivity contribution is 0.384. The molecule has 1 aromatic carbocycles. The van der Waals surface area contributed by atoms with Crippen molar-refractivity contribution in [1.29, 1.82) is 5.26 Å². The summed E-state index contributed by atoms with van der Waals surface area (Å²) in [7, 11) is 0. The Labute approximate surface area is 111 Å². The van der Waals surface area contributed by atoms with Crippen molar-refractivity contribution in [1.82, 2.24) is 10.1 Å². The first-order valence-corrected chi connectivity index (χ1v) is 6.42. The summed E-state index contributed by atoms with van der Waals surface area (Å²) < 4.78 is 5.27. The van der Waals surface area contributed by atoms with Crippen LogP contribution in [0.25, 0.3) is 0 Å². The Morgan fingerprint density at radius 3 is 2.63 bits per heavy atom. The van der Waals surface area contributed by atoms with Gasteiger partial charge in [0.1, 0.15) is 0 Å². The Hall–Kier alpha value is -2.35. The Morgan fingerprint density at radius 2 is 1.95 bits per heavy atom. The molecule has 5 heteroatoms. The predicted octanol–water partition coefficient (Wildman–Crippen LogP) is 2.13. The molecule has 96 valence electrons. The van der Waals surface area contributed by atoms with Crippen molar-refractivity contribution in [3.63, 3.8) is 0 Å². The summed E-state index contributed by atoms with van der Waals surface area (Å²) in [5.74, 6) is 1.31. The molecule has 0 amide bonds. The molecule has 0 N–H and O–H groups in total. The number of nitriles is 1. The third kappa shape index (κ3) is 2.58. The van der Waals surface area contributed by atoms with Crippen LogP contribution in [0, 0.1) is 11.3 Å². The van der Waals surface area contributed by atoms with Gasteiger partial charge in [-0.25, -0.2) is 0 Å². The van der Waals surface area contributed by atoms with Crippen LogP contribution in [0.4, 0.5) is 5.95 Å². The van der Waals surface area contributed by atoms with Crippen molar-refractivity contribution in [3.05, 3.63) is 41.3 Å². The molecule has 2 heterocycles. The van der Waals surface area contributed by atoms with Gasteiger partial charge in [-0.1, -0.05) is 12.1 Å². The first-order valence-electron chi connectivity index (χ1n) is 6.42. The zero-order valence-corrected chi connectivity index (χ0v) is 10.5. The van der Waals surface area contributed by atoms with Crippen LogP contribution in [0.3, 0.4) is 0 Å².